The van der Waals surface area contributed by atoms with Gasteiger partial charge >= 0.3 is 6.09 Å². The van der Waals surface area contributed by atoms with Crippen molar-refractivity contribution < 1.29 is 27.6 Å². The number of aromatic nitrogens is 1. The number of hydrogen-bond acceptors (Lipinski definition) is 5. The van der Waals surface area contributed by atoms with Crippen LogP contribution in [0.5, 0.6) is 0 Å². The van der Waals surface area contributed by atoms with E-state index in [9.17, 15) is 18.4 Å². The molecule has 8 heteroatoms. The molecule has 1 aromatic heterocycles. The zero-order valence-corrected chi connectivity index (χ0v) is 11.2. The fourth-order valence-corrected chi connectivity index (χ4v) is 2.37. The fraction of sp³-hybridized carbons (Fsp3) is 0.214. The molecular formula is C14H10F2N2O4. The van der Waals surface area contributed by atoms with Crippen LogP contribution in [0.1, 0.15) is 16.8 Å². The number of cyclic esters (lactones) is 1. The van der Waals surface area contributed by atoms with Gasteiger partial charge in [-0.15, -0.1) is 6.58 Å². The normalized spacial score (nSPS) is 17.8. The van der Waals surface area contributed by atoms with Crippen LogP contribution >= 0.6 is 0 Å². The van der Waals surface area contributed by atoms with Crippen LogP contribution in [0.15, 0.2) is 23.2 Å². The van der Waals surface area contributed by atoms with E-state index in [1.165, 1.54) is 4.90 Å². The van der Waals surface area contributed by atoms with Crippen LogP contribution in [0.2, 0.25) is 0 Å². The third kappa shape index (κ3) is 1.95. The van der Waals surface area contributed by atoms with E-state index in [0.29, 0.717) is 6.42 Å². The maximum Gasteiger partial charge on any atom is 0.416 e. The largest absolute Gasteiger partial charge is 0.447 e. The maximum absolute atomic E-state index is 13.9. The Balaban J connectivity index is 2.19. The molecule has 0 unspecified atom stereocenters. The molecule has 1 aliphatic rings. The molecule has 0 radical (unpaired) electrons. The lowest BCUT2D eigenvalue weighted by Gasteiger charge is -2.17. The van der Waals surface area contributed by atoms with Crippen molar-refractivity contribution in [3.63, 3.8) is 0 Å². The average molecular weight is 308 g/mol. The van der Waals surface area contributed by atoms with Gasteiger partial charge < -0.3 is 9.26 Å². The molecule has 6 nitrogen and oxygen atoms in total. The number of anilines is 1. The molecule has 0 aliphatic carbocycles. The number of carbonyl (C=O) groups is 2. The predicted molar refractivity (Wildman–Crippen MR) is 71.7 cm³/mol. The fourth-order valence-electron chi connectivity index (χ4n) is 2.37. The van der Waals surface area contributed by atoms with Gasteiger partial charge in [-0.2, -0.15) is 4.39 Å². The Labute approximate surface area is 122 Å². The first kappa shape index (κ1) is 14.2. The average Bonchev–Trinajstić information content (AvgIpc) is 3.07. The SMILES string of the molecule is C=CC[C@H]1COC(=O)N1c1noc2c(F)c(F)c(C=O)cc12. The van der Waals surface area contributed by atoms with E-state index in [1.54, 1.807) is 6.08 Å². The number of aldehydes is 1. The molecule has 1 aliphatic heterocycles. The van der Waals surface area contributed by atoms with E-state index in [1.807, 2.05) is 0 Å². The first-order valence-corrected chi connectivity index (χ1v) is 6.38. The number of amides is 1. The highest BCUT2D eigenvalue weighted by molar-refractivity contribution is 6.01. The smallest absolute Gasteiger partial charge is 0.416 e. The molecule has 0 N–H and O–H groups in total. The molecule has 1 amide bonds. The second-order valence-electron chi connectivity index (χ2n) is 4.72. The zero-order valence-electron chi connectivity index (χ0n) is 11.2. The highest BCUT2D eigenvalue weighted by Gasteiger charge is 2.37. The molecule has 0 bridgehead atoms. The summed E-state index contributed by atoms with van der Waals surface area (Å²) < 4.78 is 37.2. The van der Waals surface area contributed by atoms with Crippen LogP contribution in [-0.4, -0.2) is 30.2 Å². The van der Waals surface area contributed by atoms with Gasteiger partial charge in [0.1, 0.15) is 6.61 Å². The summed E-state index contributed by atoms with van der Waals surface area (Å²) in [7, 11) is 0. The van der Waals surface area contributed by atoms with Gasteiger partial charge in [0.2, 0.25) is 11.4 Å². The summed E-state index contributed by atoms with van der Waals surface area (Å²) in [6, 6.07) is 0.703. The van der Waals surface area contributed by atoms with Gasteiger partial charge in [-0.05, 0) is 12.5 Å². The van der Waals surface area contributed by atoms with E-state index >= 15 is 0 Å². The third-order valence-electron chi connectivity index (χ3n) is 3.41. The van der Waals surface area contributed by atoms with Crippen molar-refractivity contribution in [2.24, 2.45) is 0 Å². The summed E-state index contributed by atoms with van der Waals surface area (Å²) in [5.41, 5.74) is -0.947. The summed E-state index contributed by atoms with van der Waals surface area (Å²) in [4.78, 5) is 23.9. The summed E-state index contributed by atoms with van der Waals surface area (Å²) in [5.74, 6) is -2.67. The summed E-state index contributed by atoms with van der Waals surface area (Å²) in [5, 5.41) is 3.65. The van der Waals surface area contributed by atoms with Gasteiger partial charge in [-0.25, -0.2) is 9.18 Å². The van der Waals surface area contributed by atoms with E-state index in [4.69, 9.17) is 9.26 Å². The number of ether oxygens (including phenoxy) is 1. The Kier molecular flexibility index (Phi) is 3.36. The number of hydrogen-bond donors (Lipinski definition) is 0. The molecule has 1 fully saturated rings. The van der Waals surface area contributed by atoms with Gasteiger partial charge in [0.05, 0.1) is 17.0 Å². The van der Waals surface area contributed by atoms with Crippen molar-refractivity contribution in [2.75, 3.05) is 11.5 Å². The van der Waals surface area contributed by atoms with Crippen LogP contribution in [0, 0.1) is 11.6 Å². The quantitative estimate of drug-likeness (QED) is 0.641. The number of rotatable bonds is 4. The lowest BCUT2D eigenvalue weighted by molar-refractivity contribution is 0.111. The maximum atomic E-state index is 13.9. The van der Waals surface area contributed by atoms with Crippen molar-refractivity contribution in [3.05, 3.63) is 35.9 Å². The highest BCUT2D eigenvalue weighted by atomic mass is 19.2. The molecule has 1 saturated heterocycles. The van der Waals surface area contributed by atoms with Crippen LogP contribution in [0.3, 0.4) is 0 Å². The van der Waals surface area contributed by atoms with Gasteiger partial charge in [-0.3, -0.25) is 9.69 Å². The monoisotopic (exact) mass is 308 g/mol. The molecule has 2 aromatic rings. The molecular weight excluding hydrogens is 298 g/mol. The van der Waals surface area contributed by atoms with E-state index in [2.05, 4.69) is 11.7 Å². The molecule has 1 aromatic carbocycles. The lowest BCUT2D eigenvalue weighted by Crippen LogP contribution is -2.33. The second kappa shape index (κ2) is 5.21. The minimum Gasteiger partial charge on any atom is -0.447 e. The number of benzene rings is 1. The number of fused-ring (bicyclic) bond motifs is 1. The predicted octanol–water partition coefficient (Wildman–Crippen LogP) is 2.82. The van der Waals surface area contributed by atoms with Gasteiger partial charge in [0, 0.05) is 0 Å². The Bertz CT molecular complexity index is 787. The first-order valence-electron chi connectivity index (χ1n) is 6.38. The minimum absolute atomic E-state index is 0.0219. The minimum atomic E-state index is -1.33. The molecule has 0 saturated carbocycles. The van der Waals surface area contributed by atoms with Crippen molar-refractivity contribution in [3.8, 4) is 0 Å². The van der Waals surface area contributed by atoms with Crippen LogP contribution in [0.25, 0.3) is 11.0 Å². The van der Waals surface area contributed by atoms with Crippen molar-refractivity contribution >= 4 is 29.2 Å². The zero-order chi connectivity index (χ0) is 15.9. The standard InChI is InChI=1S/C14H10F2N2O4/c1-2-3-8-6-21-14(20)18(8)13-9-4-7(5-19)10(15)11(16)12(9)22-17-13/h2,4-5,8H,1,3,6H2/t8-/m0/s1. The van der Waals surface area contributed by atoms with Crippen molar-refractivity contribution in [2.45, 2.75) is 12.5 Å². The summed E-state index contributed by atoms with van der Waals surface area (Å²) >= 11 is 0. The van der Waals surface area contributed by atoms with E-state index in [-0.39, 0.29) is 30.1 Å². The summed E-state index contributed by atoms with van der Waals surface area (Å²) in [6.07, 6.45) is 1.51. The topological polar surface area (TPSA) is 72.6 Å². The lowest BCUT2D eigenvalue weighted by atomic mass is 10.1. The van der Waals surface area contributed by atoms with Gasteiger partial charge in [0.25, 0.3) is 0 Å². The molecule has 22 heavy (non-hydrogen) atoms. The first-order chi connectivity index (χ1) is 10.6. The number of carbonyl (C=O) groups excluding carboxylic acids is 2. The van der Waals surface area contributed by atoms with Crippen LogP contribution in [-0.2, 0) is 4.74 Å². The van der Waals surface area contributed by atoms with Crippen LogP contribution in [0.4, 0.5) is 19.4 Å². The van der Waals surface area contributed by atoms with Crippen molar-refractivity contribution in [1.29, 1.82) is 0 Å². The number of halogens is 2. The Morgan fingerprint density at radius 3 is 2.91 bits per heavy atom. The Morgan fingerprint density at radius 1 is 1.45 bits per heavy atom. The Morgan fingerprint density at radius 2 is 2.23 bits per heavy atom. The molecule has 2 heterocycles. The van der Waals surface area contributed by atoms with Crippen molar-refractivity contribution in [1.82, 2.24) is 5.16 Å². The molecule has 1 atom stereocenters. The Hall–Kier alpha value is -2.77. The number of nitrogens with zero attached hydrogens (tertiary/aromatic N) is 2. The molecule has 114 valence electrons. The van der Waals surface area contributed by atoms with E-state index in [0.717, 1.165) is 6.07 Å². The van der Waals surface area contributed by atoms with Gasteiger partial charge in [-0.1, -0.05) is 11.2 Å². The van der Waals surface area contributed by atoms with E-state index < -0.39 is 28.9 Å². The second-order valence-corrected chi connectivity index (χ2v) is 4.72. The highest BCUT2D eigenvalue weighted by Crippen LogP contribution is 2.34. The van der Waals surface area contributed by atoms with Gasteiger partial charge in [0.15, 0.2) is 17.9 Å². The molecule has 3 rings (SSSR count). The van der Waals surface area contributed by atoms with Crippen LogP contribution < -0.4 is 4.90 Å². The molecule has 0 spiro atoms. The third-order valence-corrected chi connectivity index (χ3v) is 3.41. The summed E-state index contributed by atoms with van der Waals surface area (Å²) in [6.45, 7) is 3.70.